The van der Waals surface area contributed by atoms with Gasteiger partial charge in [0.2, 0.25) is 0 Å². The summed E-state index contributed by atoms with van der Waals surface area (Å²) in [6, 6.07) is 5.28. The van der Waals surface area contributed by atoms with Crippen LogP contribution in [0.2, 0.25) is 0 Å². The van der Waals surface area contributed by atoms with E-state index < -0.39 is 0 Å². The SMILES string of the molecule is COC(=O)c1cccc(OC)c1C. The third kappa shape index (κ3) is 1.80. The van der Waals surface area contributed by atoms with Gasteiger partial charge < -0.3 is 9.47 Å². The summed E-state index contributed by atoms with van der Waals surface area (Å²) in [6.07, 6.45) is 0. The first-order valence-corrected chi connectivity index (χ1v) is 3.92. The smallest absolute Gasteiger partial charge is 0.338 e. The van der Waals surface area contributed by atoms with E-state index in [0.717, 1.165) is 5.56 Å². The maximum atomic E-state index is 11.2. The Balaban J connectivity index is 3.15. The average molecular weight is 180 g/mol. The lowest BCUT2D eigenvalue weighted by atomic mass is 10.1. The van der Waals surface area contributed by atoms with Crippen LogP contribution in [0.5, 0.6) is 5.75 Å². The van der Waals surface area contributed by atoms with Crippen molar-refractivity contribution in [2.75, 3.05) is 14.2 Å². The molecule has 0 aromatic heterocycles. The van der Waals surface area contributed by atoms with Gasteiger partial charge >= 0.3 is 5.97 Å². The second-order valence-corrected chi connectivity index (χ2v) is 2.62. The molecule has 0 amide bonds. The summed E-state index contributed by atoms with van der Waals surface area (Å²) >= 11 is 0. The number of carbonyl (C=O) groups excluding carboxylic acids is 1. The van der Waals surface area contributed by atoms with E-state index in [1.54, 1.807) is 19.2 Å². The summed E-state index contributed by atoms with van der Waals surface area (Å²) < 4.78 is 9.69. The highest BCUT2D eigenvalue weighted by atomic mass is 16.5. The molecule has 0 N–H and O–H groups in total. The lowest BCUT2D eigenvalue weighted by Gasteiger charge is -2.07. The summed E-state index contributed by atoms with van der Waals surface area (Å²) in [5, 5.41) is 0. The van der Waals surface area contributed by atoms with E-state index in [0.29, 0.717) is 11.3 Å². The molecule has 0 fully saturated rings. The van der Waals surface area contributed by atoms with Gasteiger partial charge in [0.15, 0.2) is 0 Å². The number of rotatable bonds is 2. The first-order valence-electron chi connectivity index (χ1n) is 3.92. The lowest BCUT2D eigenvalue weighted by molar-refractivity contribution is 0.0599. The highest BCUT2D eigenvalue weighted by Gasteiger charge is 2.11. The van der Waals surface area contributed by atoms with Gasteiger partial charge in [-0.1, -0.05) is 6.07 Å². The van der Waals surface area contributed by atoms with E-state index in [-0.39, 0.29) is 5.97 Å². The number of esters is 1. The molecule has 0 aliphatic rings. The summed E-state index contributed by atoms with van der Waals surface area (Å²) in [5.41, 5.74) is 1.35. The summed E-state index contributed by atoms with van der Waals surface area (Å²) in [6.45, 7) is 1.82. The predicted molar refractivity (Wildman–Crippen MR) is 49.1 cm³/mol. The molecule has 3 nitrogen and oxygen atoms in total. The van der Waals surface area contributed by atoms with Crippen molar-refractivity contribution < 1.29 is 14.3 Å². The Morgan fingerprint density at radius 1 is 1.31 bits per heavy atom. The molecular formula is C10H12O3. The van der Waals surface area contributed by atoms with Crippen LogP contribution < -0.4 is 4.74 Å². The fourth-order valence-electron chi connectivity index (χ4n) is 1.17. The quantitative estimate of drug-likeness (QED) is 0.651. The molecule has 0 heterocycles. The zero-order valence-corrected chi connectivity index (χ0v) is 7.96. The Labute approximate surface area is 77.3 Å². The van der Waals surface area contributed by atoms with E-state index in [1.807, 2.05) is 13.0 Å². The fraction of sp³-hybridized carbons (Fsp3) is 0.300. The molecule has 1 aromatic rings. The molecule has 0 spiro atoms. The van der Waals surface area contributed by atoms with Crippen molar-refractivity contribution in [1.82, 2.24) is 0 Å². The predicted octanol–water partition coefficient (Wildman–Crippen LogP) is 1.79. The van der Waals surface area contributed by atoms with Crippen molar-refractivity contribution >= 4 is 5.97 Å². The van der Waals surface area contributed by atoms with E-state index in [4.69, 9.17) is 4.74 Å². The number of ether oxygens (including phenoxy) is 2. The number of hydrogen-bond donors (Lipinski definition) is 0. The molecule has 3 heteroatoms. The highest BCUT2D eigenvalue weighted by Crippen LogP contribution is 2.21. The average Bonchev–Trinajstić information content (AvgIpc) is 2.17. The van der Waals surface area contributed by atoms with Crippen LogP contribution in [0.1, 0.15) is 15.9 Å². The Hall–Kier alpha value is -1.51. The molecule has 1 rings (SSSR count). The van der Waals surface area contributed by atoms with Crippen LogP contribution in [-0.4, -0.2) is 20.2 Å². The van der Waals surface area contributed by atoms with Gasteiger partial charge in [-0.25, -0.2) is 4.79 Å². The number of methoxy groups -OCH3 is 2. The second kappa shape index (κ2) is 3.94. The normalized spacial score (nSPS) is 9.46. The zero-order chi connectivity index (χ0) is 9.84. The summed E-state index contributed by atoms with van der Waals surface area (Å²) in [5.74, 6) is 0.360. The van der Waals surface area contributed by atoms with Crippen LogP contribution >= 0.6 is 0 Å². The van der Waals surface area contributed by atoms with Gasteiger partial charge in [-0.2, -0.15) is 0 Å². The standard InChI is InChI=1S/C10H12O3/c1-7-8(10(11)13-3)5-4-6-9(7)12-2/h4-6H,1-3H3. The first kappa shape index (κ1) is 9.58. The number of carbonyl (C=O) groups is 1. The van der Waals surface area contributed by atoms with Crippen molar-refractivity contribution in [2.45, 2.75) is 6.92 Å². The molecule has 0 bridgehead atoms. The molecular weight excluding hydrogens is 168 g/mol. The van der Waals surface area contributed by atoms with Crippen molar-refractivity contribution in [2.24, 2.45) is 0 Å². The Morgan fingerprint density at radius 3 is 2.54 bits per heavy atom. The maximum Gasteiger partial charge on any atom is 0.338 e. The fourth-order valence-corrected chi connectivity index (χ4v) is 1.17. The molecule has 0 saturated carbocycles. The summed E-state index contributed by atoms with van der Waals surface area (Å²) in [4.78, 5) is 11.2. The minimum atomic E-state index is -0.337. The van der Waals surface area contributed by atoms with E-state index in [2.05, 4.69) is 4.74 Å². The number of benzene rings is 1. The van der Waals surface area contributed by atoms with Gasteiger partial charge in [-0.3, -0.25) is 0 Å². The monoisotopic (exact) mass is 180 g/mol. The Bertz CT molecular complexity index is 318. The zero-order valence-electron chi connectivity index (χ0n) is 7.96. The van der Waals surface area contributed by atoms with Crippen molar-refractivity contribution in [3.63, 3.8) is 0 Å². The molecule has 0 aliphatic heterocycles. The van der Waals surface area contributed by atoms with Crippen LogP contribution in [0.3, 0.4) is 0 Å². The third-order valence-electron chi connectivity index (χ3n) is 1.91. The Kier molecular flexibility index (Phi) is 2.90. The molecule has 0 atom stereocenters. The molecule has 13 heavy (non-hydrogen) atoms. The molecule has 0 unspecified atom stereocenters. The highest BCUT2D eigenvalue weighted by molar-refractivity contribution is 5.91. The van der Waals surface area contributed by atoms with Gasteiger partial charge in [0.25, 0.3) is 0 Å². The second-order valence-electron chi connectivity index (χ2n) is 2.62. The maximum absolute atomic E-state index is 11.2. The number of hydrogen-bond acceptors (Lipinski definition) is 3. The first-order chi connectivity index (χ1) is 6.20. The van der Waals surface area contributed by atoms with Crippen LogP contribution in [0.4, 0.5) is 0 Å². The molecule has 0 radical (unpaired) electrons. The molecule has 0 saturated heterocycles. The van der Waals surface area contributed by atoms with E-state index >= 15 is 0 Å². The van der Waals surface area contributed by atoms with Crippen molar-refractivity contribution in [3.05, 3.63) is 29.3 Å². The molecule has 0 aliphatic carbocycles. The topological polar surface area (TPSA) is 35.5 Å². The van der Waals surface area contributed by atoms with Crippen LogP contribution in [0.25, 0.3) is 0 Å². The largest absolute Gasteiger partial charge is 0.496 e. The van der Waals surface area contributed by atoms with Gasteiger partial charge in [0, 0.05) is 5.56 Å². The van der Waals surface area contributed by atoms with Gasteiger partial charge in [-0.05, 0) is 19.1 Å². The summed E-state index contributed by atoms with van der Waals surface area (Å²) in [7, 11) is 2.94. The van der Waals surface area contributed by atoms with E-state index in [9.17, 15) is 4.79 Å². The van der Waals surface area contributed by atoms with Crippen LogP contribution in [-0.2, 0) is 4.74 Å². The minimum absolute atomic E-state index is 0.337. The molecule has 70 valence electrons. The minimum Gasteiger partial charge on any atom is -0.496 e. The van der Waals surface area contributed by atoms with Crippen LogP contribution in [0, 0.1) is 6.92 Å². The van der Waals surface area contributed by atoms with Crippen molar-refractivity contribution in [1.29, 1.82) is 0 Å². The Morgan fingerprint density at radius 2 is 2.00 bits per heavy atom. The van der Waals surface area contributed by atoms with E-state index in [1.165, 1.54) is 7.11 Å². The third-order valence-corrected chi connectivity index (χ3v) is 1.91. The molecule has 1 aromatic carbocycles. The van der Waals surface area contributed by atoms with Gasteiger partial charge in [0.05, 0.1) is 19.8 Å². The lowest BCUT2D eigenvalue weighted by Crippen LogP contribution is -2.04. The van der Waals surface area contributed by atoms with Gasteiger partial charge in [0.1, 0.15) is 5.75 Å². The van der Waals surface area contributed by atoms with Crippen molar-refractivity contribution in [3.8, 4) is 5.75 Å². The van der Waals surface area contributed by atoms with Crippen LogP contribution in [0.15, 0.2) is 18.2 Å². The van der Waals surface area contributed by atoms with Gasteiger partial charge in [-0.15, -0.1) is 0 Å².